The number of aryl methyl sites for hydroxylation is 2. The van der Waals surface area contributed by atoms with Gasteiger partial charge in [-0.2, -0.15) is 5.10 Å². The van der Waals surface area contributed by atoms with Crippen LogP contribution in [0.3, 0.4) is 0 Å². The summed E-state index contributed by atoms with van der Waals surface area (Å²) in [6.07, 6.45) is 0.955. The molecule has 0 saturated carbocycles. The van der Waals surface area contributed by atoms with E-state index in [1.807, 2.05) is 51.2 Å². The fraction of sp³-hybridized carbons (Fsp3) is 0.474. The maximum absolute atomic E-state index is 12.8. The Labute approximate surface area is 143 Å². The van der Waals surface area contributed by atoms with Crippen LogP contribution in [0, 0.1) is 13.8 Å². The van der Waals surface area contributed by atoms with Crippen LogP contribution in [0.2, 0.25) is 0 Å². The van der Waals surface area contributed by atoms with Gasteiger partial charge in [0.05, 0.1) is 11.7 Å². The Bertz CT molecular complexity index is 647. The molecule has 0 aliphatic rings. The molecule has 0 aliphatic carbocycles. The maximum atomic E-state index is 12.8. The minimum absolute atomic E-state index is 0.0483. The lowest BCUT2D eigenvalue weighted by Gasteiger charge is -2.29. The van der Waals surface area contributed by atoms with Gasteiger partial charge in [-0.25, -0.2) is 0 Å². The number of benzene rings is 1. The van der Waals surface area contributed by atoms with E-state index in [1.54, 1.807) is 4.90 Å². The van der Waals surface area contributed by atoms with Crippen LogP contribution < -0.4 is 0 Å². The predicted octanol–water partition coefficient (Wildman–Crippen LogP) is 3.10. The molecule has 0 spiro atoms. The van der Waals surface area contributed by atoms with Gasteiger partial charge in [-0.3, -0.25) is 9.89 Å². The van der Waals surface area contributed by atoms with Crippen LogP contribution in [0.4, 0.5) is 0 Å². The van der Waals surface area contributed by atoms with Crippen LogP contribution >= 0.6 is 0 Å². The molecule has 1 amide bonds. The third kappa shape index (κ3) is 4.03. The van der Waals surface area contributed by atoms with Crippen molar-refractivity contribution in [1.82, 2.24) is 15.1 Å². The van der Waals surface area contributed by atoms with E-state index in [-0.39, 0.29) is 24.5 Å². The van der Waals surface area contributed by atoms with Crippen LogP contribution in [0.1, 0.15) is 54.2 Å². The molecule has 0 fully saturated rings. The number of nitrogens with zero attached hydrogens (tertiary/aromatic N) is 2. The lowest BCUT2D eigenvalue weighted by Crippen LogP contribution is -2.32. The first-order chi connectivity index (χ1) is 11.5. The van der Waals surface area contributed by atoms with Crippen molar-refractivity contribution in [2.45, 2.75) is 45.6 Å². The van der Waals surface area contributed by atoms with Gasteiger partial charge in [0.25, 0.3) is 0 Å². The molecule has 2 N–H and O–H groups in total. The Morgan fingerprint density at radius 1 is 1.29 bits per heavy atom. The van der Waals surface area contributed by atoms with Crippen molar-refractivity contribution in [2.75, 3.05) is 13.7 Å². The molecule has 0 saturated heterocycles. The summed E-state index contributed by atoms with van der Waals surface area (Å²) in [5.74, 6) is 0.175. The Balaban J connectivity index is 2.12. The van der Waals surface area contributed by atoms with Crippen molar-refractivity contribution in [3.63, 3.8) is 0 Å². The van der Waals surface area contributed by atoms with Crippen molar-refractivity contribution in [3.05, 3.63) is 52.8 Å². The molecule has 1 aromatic heterocycles. The molecule has 5 heteroatoms. The SMILES string of the molecule is Cc1n[nH]c(C)c1C(C)CC(=O)N(C)C(CCO)c1ccccc1. The van der Waals surface area contributed by atoms with Crippen LogP contribution in [0.15, 0.2) is 30.3 Å². The average Bonchev–Trinajstić information content (AvgIpc) is 2.91. The van der Waals surface area contributed by atoms with E-state index in [1.165, 1.54) is 0 Å². The highest BCUT2D eigenvalue weighted by Crippen LogP contribution is 2.28. The van der Waals surface area contributed by atoms with E-state index in [9.17, 15) is 9.90 Å². The monoisotopic (exact) mass is 329 g/mol. The summed E-state index contributed by atoms with van der Waals surface area (Å²) >= 11 is 0. The lowest BCUT2D eigenvalue weighted by atomic mass is 9.94. The van der Waals surface area contributed by atoms with E-state index in [0.717, 1.165) is 22.5 Å². The first-order valence-corrected chi connectivity index (χ1v) is 8.38. The van der Waals surface area contributed by atoms with Crippen molar-refractivity contribution >= 4 is 5.91 Å². The third-order valence-corrected chi connectivity index (χ3v) is 4.61. The molecule has 130 valence electrons. The number of amides is 1. The second-order valence-corrected chi connectivity index (χ2v) is 6.40. The smallest absolute Gasteiger partial charge is 0.223 e. The van der Waals surface area contributed by atoms with Gasteiger partial charge in [-0.15, -0.1) is 0 Å². The molecular formula is C19H27N3O2. The average molecular weight is 329 g/mol. The van der Waals surface area contributed by atoms with Crippen LogP contribution in [-0.4, -0.2) is 39.8 Å². The standard InChI is InChI=1S/C19H27N3O2/c1-13(19-14(2)20-21-15(19)3)12-18(24)22(4)17(10-11-23)16-8-6-5-7-9-16/h5-9,13,17,23H,10-12H2,1-4H3,(H,20,21). The molecule has 2 rings (SSSR count). The van der Waals surface area contributed by atoms with Crippen LogP contribution in [-0.2, 0) is 4.79 Å². The minimum atomic E-state index is -0.109. The number of aliphatic hydroxyl groups is 1. The first-order valence-electron chi connectivity index (χ1n) is 8.38. The number of H-pyrrole nitrogens is 1. The number of aromatic amines is 1. The largest absolute Gasteiger partial charge is 0.396 e. The minimum Gasteiger partial charge on any atom is -0.396 e. The molecule has 2 atom stereocenters. The molecule has 2 unspecified atom stereocenters. The molecular weight excluding hydrogens is 302 g/mol. The van der Waals surface area contributed by atoms with E-state index < -0.39 is 0 Å². The van der Waals surface area contributed by atoms with Crippen molar-refractivity contribution in [1.29, 1.82) is 0 Å². The number of carbonyl (C=O) groups excluding carboxylic acids is 1. The second kappa shape index (κ2) is 8.11. The molecule has 0 radical (unpaired) electrons. The highest BCUT2D eigenvalue weighted by molar-refractivity contribution is 5.77. The van der Waals surface area contributed by atoms with Gasteiger partial charge in [-0.1, -0.05) is 37.3 Å². The van der Waals surface area contributed by atoms with Gasteiger partial charge < -0.3 is 10.0 Å². The predicted molar refractivity (Wildman–Crippen MR) is 94.7 cm³/mol. The highest BCUT2D eigenvalue weighted by Gasteiger charge is 2.24. The zero-order chi connectivity index (χ0) is 17.7. The summed E-state index contributed by atoms with van der Waals surface area (Å²) in [6.45, 7) is 6.05. The molecule has 0 bridgehead atoms. The number of carbonyl (C=O) groups is 1. The summed E-state index contributed by atoms with van der Waals surface area (Å²) < 4.78 is 0. The Morgan fingerprint density at radius 3 is 2.50 bits per heavy atom. The summed E-state index contributed by atoms with van der Waals surface area (Å²) in [6, 6.07) is 9.75. The van der Waals surface area contributed by atoms with Crippen LogP contribution in [0.25, 0.3) is 0 Å². The number of aromatic nitrogens is 2. The van der Waals surface area contributed by atoms with E-state index in [0.29, 0.717) is 12.8 Å². The molecule has 1 aromatic carbocycles. The van der Waals surface area contributed by atoms with E-state index in [4.69, 9.17) is 0 Å². The number of hydrogen-bond acceptors (Lipinski definition) is 3. The fourth-order valence-electron chi connectivity index (χ4n) is 3.35. The molecule has 2 aromatic rings. The Kier molecular flexibility index (Phi) is 6.15. The number of rotatable bonds is 7. The van der Waals surface area contributed by atoms with Crippen molar-refractivity contribution in [3.8, 4) is 0 Å². The van der Waals surface area contributed by atoms with E-state index in [2.05, 4.69) is 17.1 Å². The lowest BCUT2D eigenvalue weighted by molar-refractivity contribution is -0.132. The quantitative estimate of drug-likeness (QED) is 0.820. The Hall–Kier alpha value is -2.14. The van der Waals surface area contributed by atoms with E-state index >= 15 is 0 Å². The normalized spacial score (nSPS) is 13.5. The van der Waals surface area contributed by atoms with Crippen molar-refractivity contribution < 1.29 is 9.90 Å². The topological polar surface area (TPSA) is 69.2 Å². The second-order valence-electron chi connectivity index (χ2n) is 6.40. The number of hydrogen-bond donors (Lipinski definition) is 2. The number of aliphatic hydroxyl groups excluding tert-OH is 1. The molecule has 5 nitrogen and oxygen atoms in total. The van der Waals surface area contributed by atoms with Gasteiger partial charge in [0.2, 0.25) is 5.91 Å². The Morgan fingerprint density at radius 2 is 1.96 bits per heavy atom. The number of nitrogens with one attached hydrogen (secondary N) is 1. The summed E-state index contributed by atoms with van der Waals surface area (Å²) in [5.41, 5.74) is 4.14. The summed E-state index contributed by atoms with van der Waals surface area (Å²) in [5, 5.41) is 16.6. The molecule has 24 heavy (non-hydrogen) atoms. The third-order valence-electron chi connectivity index (χ3n) is 4.61. The fourth-order valence-corrected chi connectivity index (χ4v) is 3.35. The summed E-state index contributed by atoms with van der Waals surface area (Å²) in [7, 11) is 1.82. The van der Waals surface area contributed by atoms with Gasteiger partial charge >= 0.3 is 0 Å². The molecule has 1 heterocycles. The van der Waals surface area contributed by atoms with Gasteiger partial charge in [-0.05, 0) is 37.3 Å². The highest BCUT2D eigenvalue weighted by atomic mass is 16.3. The van der Waals surface area contributed by atoms with Crippen molar-refractivity contribution in [2.24, 2.45) is 0 Å². The zero-order valence-corrected chi connectivity index (χ0v) is 14.9. The first kappa shape index (κ1) is 18.2. The van der Waals surface area contributed by atoms with Gasteiger partial charge in [0.1, 0.15) is 0 Å². The van der Waals surface area contributed by atoms with Gasteiger partial charge in [0.15, 0.2) is 0 Å². The zero-order valence-electron chi connectivity index (χ0n) is 14.9. The summed E-state index contributed by atoms with van der Waals surface area (Å²) in [4.78, 5) is 14.5. The maximum Gasteiger partial charge on any atom is 0.223 e. The van der Waals surface area contributed by atoms with Gasteiger partial charge in [0, 0.05) is 25.8 Å². The molecule has 0 aliphatic heterocycles. The van der Waals surface area contributed by atoms with Crippen LogP contribution in [0.5, 0.6) is 0 Å².